The Hall–Kier alpha value is -3.82. The van der Waals surface area contributed by atoms with Gasteiger partial charge in [0, 0.05) is 0 Å². The molecule has 0 fully saturated rings. The lowest BCUT2D eigenvalue weighted by Gasteiger charge is -2.11. The van der Waals surface area contributed by atoms with Crippen molar-refractivity contribution in [3.63, 3.8) is 0 Å². The average Bonchev–Trinajstić information content (AvgIpc) is 3.10. The number of nitriles is 1. The van der Waals surface area contributed by atoms with Gasteiger partial charge in [0.05, 0.1) is 21.3 Å². The van der Waals surface area contributed by atoms with Crippen molar-refractivity contribution in [2.75, 3.05) is 0 Å². The molecule has 0 aliphatic carbocycles. The van der Waals surface area contributed by atoms with Gasteiger partial charge < -0.3 is 0 Å². The number of aromatic amines is 2. The number of H-pyrrole nitrogens is 2. The van der Waals surface area contributed by atoms with Gasteiger partial charge in [0.2, 0.25) is 11.3 Å². The molecule has 156 valence electrons. The molecule has 0 saturated carbocycles. The zero-order chi connectivity index (χ0) is 22.4. The van der Waals surface area contributed by atoms with Crippen molar-refractivity contribution in [1.29, 1.82) is 5.26 Å². The molecule has 3 aromatic heterocycles. The van der Waals surface area contributed by atoms with Gasteiger partial charge in [-0.25, -0.2) is 9.89 Å². The molecule has 31 heavy (non-hydrogen) atoms. The van der Waals surface area contributed by atoms with E-state index in [0.29, 0.717) is 11.1 Å². The lowest BCUT2D eigenvalue weighted by atomic mass is 10.1. The van der Waals surface area contributed by atoms with Crippen LogP contribution in [-0.4, -0.2) is 40.0 Å². The lowest BCUT2D eigenvalue weighted by molar-refractivity contribution is 0.739. The Morgan fingerprint density at radius 1 is 1.10 bits per heavy atom. The molecule has 0 spiro atoms. The minimum Gasteiger partial charge on any atom is -0.270 e. The van der Waals surface area contributed by atoms with Crippen LogP contribution < -0.4 is 16.8 Å². The maximum absolute atomic E-state index is 12.1. The van der Waals surface area contributed by atoms with Gasteiger partial charge in [-0.15, -0.1) is 10.2 Å². The molecule has 0 saturated heterocycles. The van der Waals surface area contributed by atoms with E-state index in [9.17, 15) is 14.4 Å². The predicted octanol–water partition coefficient (Wildman–Crippen LogP) is 1.04. The zero-order valence-corrected chi connectivity index (χ0v) is 17.4. The smallest absolute Gasteiger partial charge is 0.270 e. The Morgan fingerprint density at radius 2 is 1.77 bits per heavy atom. The summed E-state index contributed by atoms with van der Waals surface area (Å²) >= 11 is 12.8. The molecule has 12 nitrogen and oxygen atoms in total. The molecule has 0 amide bonds. The van der Waals surface area contributed by atoms with Crippen molar-refractivity contribution in [1.82, 2.24) is 40.0 Å². The Labute approximate surface area is 181 Å². The van der Waals surface area contributed by atoms with E-state index in [2.05, 4.69) is 25.6 Å². The van der Waals surface area contributed by atoms with E-state index >= 15 is 0 Å². The molecule has 2 N–H and O–H groups in total. The monoisotopic (exact) mass is 459 g/mol. The molecular weight excluding hydrogens is 449 g/mol. The van der Waals surface area contributed by atoms with E-state index < -0.39 is 16.9 Å². The fourth-order valence-corrected chi connectivity index (χ4v) is 3.67. The molecule has 0 atom stereocenters. The van der Waals surface area contributed by atoms with Crippen molar-refractivity contribution < 1.29 is 0 Å². The minimum atomic E-state index is -0.910. The number of benzene rings is 1. The van der Waals surface area contributed by atoms with E-state index in [1.165, 1.54) is 16.8 Å². The third kappa shape index (κ3) is 3.29. The summed E-state index contributed by atoms with van der Waals surface area (Å²) in [4.78, 5) is 37.8. The van der Waals surface area contributed by atoms with Crippen molar-refractivity contribution in [2.45, 2.75) is 19.8 Å². The molecule has 4 rings (SSSR count). The Kier molecular flexibility index (Phi) is 4.92. The second-order valence-corrected chi connectivity index (χ2v) is 7.50. The zero-order valence-electron chi connectivity index (χ0n) is 15.8. The third-order valence-corrected chi connectivity index (χ3v) is 4.96. The highest BCUT2D eigenvalue weighted by atomic mass is 35.5. The number of aromatic nitrogens is 8. The van der Waals surface area contributed by atoms with Gasteiger partial charge in [-0.3, -0.25) is 14.6 Å². The first kappa shape index (κ1) is 20.5. The SMILES string of the molecule is CC(C)c1c(=O)[nH]nc2c1nnn2-c1c(Cl)cc(-n2nc(C#N)c(=O)[nH]c2=O)cc1Cl. The second-order valence-electron chi connectivity index (χ2n) is 6.68. The normalized spacial score (nSPS) is 11.2. The fraction of sp³-hybridized carbons (Fsp3) is 0.176. The highest BCUT2D eigenvalue weighted by Gasteiger charge is 2.21. The molecule has 3 heterocycles. The number of rotatable bonds is 3. The van der Waals surface area contributed by atoms with Crippen molar-refractivity contribution in [3.8, 4) is 17.4 Å². The van der Waals surface area contributed by atoms with Gasteiger partial charge in [-0.1, -0.05) is 42.3 Å². The van der Waals surface area contributed by atoms with E-state index in [1.54, 1.807) is 6.07 Å². The standard InChI is InChI=1S/C17H11Cl2N9O3/c1-6(2)11-12-14(23-24-16(11)30)28(26-22-12)13-8(18)3-7(4-9(13)19)27-17(31)21-15(29)10(5-20)25-27/h3-4,6H,1-2H3,(H,24,30)(H,21,29,31). The van der Waals surface area contributed by atoms with Crippen LogP contribution in [0.15, 0.2) is 26.5 Å². The van der Waals surface area contributed by atoms with Crippen LogP contribution in [0, 0.1) is 11.3 Å². The van der Waals surface area contributed by atoms with Crippen LogP contribution >= 0.6 is 23.2 Å². The van der Waals surface area contributed by atoms with Crippen LogP contribution in [0.25, 0.3) is 22.5 Å². The predicted molar refractivity (Wildman–Crippen MR) is 110 cm³/mol. The lowest BCUT2D eigenvalue weighted by Crippen LogP contribution is -2.33. The van der Waals surface area contributed by atoms with Gasteiger partial charge in [-0.2, -0.15) is 19.7 Å². The van der Waals surface area contributed by atoms with Crippen LogP contribution in [0.1, 0.15) is 31.0 Å². The Balaban J connectivity index is 1.94. The summed E-state index contributed by atoms with van der Waals surface area (Å²) in [5.41, 5.74) is -1.44. The topological polar surface area (TPSA) is 168 Å². The van der Waals surface area contributed by atoms with Crippen LogP contribution in [0.3, 0.4) is 0 Å². The first-order valence-corrected chi connectivity index (χ1v) is 9.46. The maximum atomic E-state index is 12.1. The highest BCUT2D eigenvalue weighted by Crippen LogP contribution is 2.32. The van der Waals surface area contributed by atoms with Gasteiger partial charge >= 0.3 is 5.69 Å². The molecule has 4 aromatic rings. The average molecular weight is 460 g/mol. The van der Waals surface area contributed by atoms with Gasteiger partial charge in [0.25, 0.3) is 11.1 Å². The first-order valence-electron chi connectivity index (χ1n) is 8.70. The van der Waals surface area contributed by atoms with Crippen LogP contribution in [-0.2, 0) is 0 Å². The van der Waals surface area contributed by atoms with Gasteiger partial charge in [0.1, 0.15) is 17.3 Å². The number of hydrogen-bond donors (Lipinski definition) is 2. The van der Waals surface area contributed by atoms with E-state index in [1.807, 2.05) is 18.8 Å². The van der Waals surface area contributed by atoms with E-state index in [4.69, 9.17) is 28.5 Å². The number of fused-ring (bicyclic) bond motifs is 1. The summed E-state index contributed by atoms with van der Waals surface area (Å²) in [6, 6.07) is 4.29. The molecule has 1 aromatic carbocycles. The number of nitrogens with one attached hydrogen (secondary N) is 2. The van der Waals surface area contributed by atoms with E-state index in [-0.39, 0.29) is 38.5 Å². The minimum absolute atomic E-state index is 0.0480. The number of halogens is 2. The molecule has 0 radical (unpaired) electrons. The fourth-order valence-electron chi connectivity index (χ4n) is 3.03. The van der Waals surface area contributed by atoms with E-state index in [0.717, 1.165) is 4.68 Å². The van der Waals surface area contributed by atoms with Gasteiger partial charge in [-0.05, 0) is 18.1 Å². The summed E-state index contributed by atoms with van der Waals surface area (Å²) in [6.07, 6.45) is 0. The van der Waals surface area contributed by atoms with Crippen molar-refractivity contribution in [2.24, 2.45) is 0 Å². The molecule has 0 aliphatic rings. The quantitative estimate of drug-likeness (QED) is 0.457. The van der Waals surface area contributed by atoms with Gasteiger partial charge in [0.15, 0.2) is 0 Å². The largest absolute Gasteiger partial charge is 0.349 e. The molecule has 0 unspecified atom stereocenters. The Bertz CT molecular complexity index is 1550. The summed E-state index contributed by atoms with van der Waals surface area (Å²) in [5.74, 6) is -0.139. The summed E-state index contributed by atoms with van der Waals surface area (Å²) < 4.78 is 2.04. The van der Waals surface area contributed by atoms with Crippen molar-refractivity contribution >= 4 is 34.4 Å². The van der Waals surface area contributed by atoms with Crippen molar-refractivity contribution in [3.05, 3.63) is 64.6 Å². The molecule has 0 aliphatic heterocycles. The van der Waals surface area contributed by atoms with Crippen LogP contribution in [0.5, 0.6) is 0 Å². The molecule has 0 bridgehead atoms. The van der Waals surface area contributed by atoms with Crippen LogP contribution in [0.4, 0.5) is 0 Å². The first-order chi connectivity index (χ1) is 14.7. The summed E-state index contributed by atoms with van der Waals surface area (Å²) in [5, 5.41) is 27.3. The molecular formula is C17H11Cl2N9O3. The summed E-state index contributed by atoms with van der Waals surface area (Å²) in [7, 11) is 0. The molecule has 14 heteroatoms. The number of hydrogen-bond acceptors (Lipinski definition) is 8. The number of nitrogens with zero attached hydrogens (tertiary/aromatic N) is 7. The second kappa shape index (κ2) is 7.46. The maximum Gasteiger partial charge on any atom is 0.349 e. The summed E-state index contributed by atoms with van der Waals surface area (Å²) in [6.45, 7) is 3.67. The Morgan fingerprint density at radius 3 is 2.39 bits per heavy atom. The van der Waals surface area contributed by atoms with Crippen LogP contribution in [0.2, 0.25) is 10.0 Å². The highest BCUT2D eigenvalue weighted by molar-refractivity contribution is 6.38. The third-order valence-electron chi connectivity index (χ3n) is 4.38.